The summed E-state index contributed by atoms with van der Waals surface area (Å²) >= 11 is 0. The van der Waals surface area contributed by atoms with E-state index in [9.17, 15) is 0 Å². The predicted octanol–water partition coefficient (Wildman–Crippen LogP) is 4.00. The Morgan fingerprint density at radius 3 is 1.62 bits per heavy atom. The minimum atomic E-state index is -1.03. The van der Waals surface area contributed by atoms with Crippen molar-refractivity contribution in [3.8, 4) is 0 Å². The molecule has 0 atom stereocenters. The monoisotopic (exact) mass is 456 g/mol. The maximum absolute atomic E-state index is 3.72. The molecule has 0 spiro atoms. The van der Waals surface area contributed by atoms with Crippen LogP contribution in [-0.2, 0) is 0 Å². The molecular formula is C26H18N3Si3. The molecule has 1 saturated heterocycles. The molecule has 0 aliphatic carbocycles. The first kappa shape index (κ1) is 18.7. The average Bonchev–Trinajstić information content (AvgIpc) is 2.85. The van der Waals surface area contributed by atoms with E-state index in [1.54, 1.807) is 0 Å². The van der Waals surface area contributed by atoms with Crippen molar-refractivity contribution in [1.29, 1.82) is 0 Å². The zero-order valence-electron chi connectivity index (χ0n) is 17.2. The van der Waals surface area contributed by atoms with E-state index in [0.29, 0.717) is 19.7 Å². The molecule has 1 fully saturated rings. The van der Waals surface area contributed by atoms with Gasteiger partial charge in [-0.15, -0.1) is 0 Å². The molecule has 1 heterocycles. The van der Waals surface area contributed by atoms with Gasteiger partial charge < -0.3 is 13.9 Å². The first-order chi connectivity index (χ1) is 15.8. The van der Waals surface area contributed by atoms with Crippen LogP contribution in [0.2, 0.25) is 0 Å². The Bertz CT molecular complexity index is 1680. The summed E-state index contributed by atoms with van der Waals surface area (Å²) in [7, 11) is 0.177. The van der Waals surface area contributed by atoms with Crippen LogP contribution in [-0.4, -0.2) is 28.8 Å². The van der Waals surface area contributed by atoms with Crippen LogP contribution in [0, 0.1) is 0 Å². The van der Waals surface area contributed by atoms with Crippen molar-refractivity contribution in [3.63, 3.8) is 0 Å². The molecule has 5 radical (unpaired) electrons. The standard InChI is InChI=1S/C26H18N3Si3/c1-2-6-17-10-21-14-23-22(11-20(21)9-16(17)5-1)15-26(32-28-30-27-31-29-32)25-13-19-8-4-3-7-18(19)12-24(23)25/h1-15,27-29H. The van der Waals surface area contributed by atoms with Crippen LogP contribution in [0.1, 0.15) is 0 Å². The van der Waals surface area contributed by atoms with Crippen LogP contribution in [0.3, 0.4) is 0 Å². The SMILES string of the molecule is c1ccc2cc3cc4c(cc([Si]5N[Si]N[Si]N5)c5cc6ccccc6cc54)cc3cc2c1. The lowest BCUT2D eigenvalue weighted by molar-refractivity contribution is 1.25. The molecule has 6 aromatic rings. The quantitative estimate of drug-likeness (QED) is 0.199. The molecule has 1 aliphatic heterocycles. The van der Waals surface area contributed by atoms with Gasteiger partial charge in [-0.05, 0) is 95.4 Å². The zero-order valence-corrected chi connectivity index (χ0v) is 20.2. The summed E-state index contributed by atoms with van der Waals surface area (Å²) in [5.74, 6) is 0. The predicted molar refractivity (Wildman–Crippen MR) is 140 cm³/mol. The van der Waals surface area contributed by atoms with Crippen molar-refractivity contribution in [2.24, 2.45) is 0 Å². The third-order valence-corrected chi connectivity index (χ3v) is 11.4. The molecule has 6 heteroatoms. The first-order valence-electron chi connectivity index (χ1n) is 10.7. The van der Waals surface area contributed by atoms with Crippen LogP contribution >= 0.6 is 0 Å². The Balaban J connectivity index is 1.61. The van der Waals surface area contributed by atoms with E-state index in [0.717, 1.165) is 0 Å². The number of hydrogen-bond acceptors (Lipinski definition) is 3. The van der Waals surface area contributed by atoms with Gasteiger partial charge in [-0.2, -0.15) is 0 Å². The number of benzene rings is 6. The molecule has 3 nitrogen and oxygen atoms in total. The zero-order chi connectivity index (χ0) is 21.1. The third kappa shape index (κ3) is 2.96. The number of rotatable bonds is 1. The van der Waals surface area contributed by atoms with E-state index in [1.165, 1.54) is 59.0 Å². The largest absolute Gasteiger partial charge is 0.337 e. The Kier molecular flexibility index (Phi) is 4.29. The van der Waals surface area contributed by atoms with Crippen molar-refractivity contribution < 1.29 is 0 Å². The normalized spacial score (nSPS) is 15.4. The van der Waals surface area contributed by atoms with Gasteiger partial charge in [0.05, 0.1) is 0 Å². The van der Waals surface area contributed by atoms with Crippen molar-refractivity contribution in [2.45, 2.75) is 0 Å². The van der Waals surface area contributed by atoms with E-state index in [4.69, 9.17) is 0 Å². The summed E-state index contributed by atoms with van der Waals surface area (Å²) in [5.41, 5.74) is 0. The molecule has 0 saturated carbocycles. The van der Waals surface area contributed by atoms with Gasteiger partial charge in [-0.3, -0.25) is 0 Å². The van der Waals surface area contributed by atoms with Crippen LogP contribution in [0.15, 0.2) is 91.0 Å². The van der Waals surface area contributed by atoms with Gasteiger partial charge in [0.15, 0.2) is 0 Å². The maximum atomic E-state index is 3.72. The molecule has 7 rings (SSSR count). The summed E-state index contributed by atoms with van der Waals surface area (Å²) < 4.78 is 10.8. The fraction of sp³-hybridized carbons (Fsp3) is 0. The molecule has 3 N–H and O–H groups in total. The number of nitrogens with one attached hydrogen (secondary N) is 3. The Morgan fingerprint density at radius 2 is 0.969 bits per heavy atom. The fourth-order valence-electron chi connectivity index (χ4n) is 4.87. The van der Waals surface area contributed by atoms with Crippen molar-refractivity contribution in [1.82, 2.24) is 13.9 Å². The van der Waals surface area contributed by atoms with E-state index < -0.39 is 9.12 Å². The third-order valence-electron chi connectivity index (χ3n) is 6.41. The second-order valence-corrected chi connectivity index (χ2v) is 13.1. The van der Waals surface area contributed by atoms with Crippen LogP contribution in [0.4, 0.5) is 0 Å². The second kappa shape index (κ2) is 7.35. The van der Waals surface area contributed by atoms with Gasteiger partial charge >= 0.3 is 0 Å². The topological polar surface area (TPSA) is 36.1 Å². The minimum absolute atomic E-state index is 0.605. The van der Waals surface area contributed by atoms with Crippen molar-refractivity contribution >= 4 is 87.9 Å². The Labute approximate surface area is 192 Å². The average molecular weight is 457 g/mol. The molecule has 0 amide bonds. The molecule has 6 aromatic carbocycles. The highest BCUT2D eigenvalue weighted by molar-refractivity contribution is 6.84. The van der Waals surface area contributed by atoms with E-state index >= 15 is 0 Å². The molecule has 149 valence electrons. The second-order valence-electron chi connectivity index (χ2n) is 8.29. The van der Waals surface area contributed by atoms with Gasteiger partial charge in [-0.1, -0.05) is 54.6 Å². The molecule has 32 heavy (non-hydrogen) atoms. The number of fused-ring (bicyclic) bond motifs is 6. The van der Waals surface area contributed by atoms with Gasteiger partial charge in [0.1, 0.15) is 0 Å². The summed E-state index contributed by atoms with van der Waals surface area (Å²) in [4.78, 5) is 0. The van der Waals surface area contributed by atoms with E-state index in [-0.39, 0.29) is 0 Å². The Hall–Kier alpha value is -2.85. The van der Waals surface area contributed by atoms with Crippen molar-refractivity contribution in [2.75, 3.05) is 0 Å². The minimum Gasteiger partial charge on any atom is -0.337 e. The first-order valence-corrected chi connectivity index (χ1v) is 14.2. The molecule has 1 aliphatic rings. The maximum Gasteiger partial charge on any atom is 0.249 e. The lowest BCUT2D eigenvalue weighted by Crippen LogP contribution is -2.68. The molecule has 0 unspecified atom stereocenters. The van der Waals surface area contributed by atoms with Crippen molar-refractivity contribution in [3.05, 3.63) is 91.0 Å². The summed E-state index contributed by atoms with van der Waals surface area (Å²) in [6, 6.07) is 34.0. The summed E-state index contributed by atoms with van der Waals surface area (Å²) in [6.07, 6.45) is 0. The fourth-order valence-corrected chi connectivity index (χ4v) is 10.4. The molecule has 0 bridgehead atoms. The van der Waals surface area contributed by atoms with Gasteiger partial charge in [0.25, 0.3) is 0 Å². The highest BCUT2D eigenvalue weighted by Gasteiger charge is 2.22. The van der Waals surface area contributed by atoms with Gasteiger partial charge in [0.2, 0.25) is 28.8 Å². The number of hydrogen-bond donors (Lipinski definition) is 3. The lowest BCUT2D eigenvalue weighted by atomic mass is 9.95. The summed E-state index contributed by atoms with van der Waals surface area (Å²) in [5, 5.41) is 14.6. The Morgan fingerprint density at radius 1 is 0.469 bits per heavy atom. The smallest absolute Gasteiger partial charge is 0.249 e. The van der Waals surface area contributed by atoms with Crippen LogP contribution in [0.25, 0.3) is 53.9 Å². The lowest BCUT2D eigenvalue weighted by Gasteiger charge is -2.24. The highest BCUT2D eigenvalue weighted by Crippen LogP contribution is 2.33. The van der Waals surface area contributed by atoms with E-state index in [2.05, 4.69) is 105 Å². The van der Waals surface area contributed by atoms with Crippen LogP contribution < -0.4 is 19.1 Å². The summed E-state index contributed by atoms with van der Waals surface area (Å²) in [6.45, 7) is 0. The van der Waals surface area contributed by atoms with Gasteiger partial charge in [0, 0.05) is 0 Å². The van der Waals surface area contributed by atoms with Gasteiger partial charge in [-0.25, -0.2) is 0 Å². The molecular weight excluding hydrogens is 439 g/mol. The van der Waals surface area contributed by atoms with E-state index in [1.807, 2.05) is 0 Å². The molecule has 0 aromatic heterocycles. The highest BCUT2D eigenvalue weighted by atomic mass is 28.4. The van der Waals surface area contributed by atoms with Crippen LogP contribution in [0.5, 0.6) is 0 Å².